The number of carboxylic acids is 1. The van der Waals surface area contributed by atoms with E-state index in [2.05, 4.69) is 34.9 Å². The Hall–Kier alpha value is -3.65. The Balaban J connectivity index is 1.11. The molecule has 7 heterocycles. The lowest BCUT2D eigenvalue weighted by Gasteiger charge is -2.52. The van der Waals surface area contributed by atoms with Crippen molar-refractivity contribution in [1.82, 2.24) is 25.4 Å². The molecule has 4 amide bonds. The molecular weight excluding hydrogens is 719 g/mol. The number of nitrogens with zero attached hydrogens (tertiary/aromatic N) is 6. The van der Waals surface area contributed by atoms with Crippen LogP contribution in [0.3, 0.4) is 0 Å². The summed E-state index contributed by atoms with van der Waals surface area (Å²) in [7, 11) is 5.56. The van der Waals surface area contributed by atoms with Crippen molar-refractivity contribution in [2.24, 2.45) is 5.16 Å². The van der Waals surface area contributed by atoms with Crippen LogP contribution in [0.15, 0.2) is 33.1 Å². The number of aliphatic carboxylic acids is 1. The van der Waals surface area contributed by atoms with Crippen LogP contribution in [-0.4, -0.2) is 159 Å². The monoisotopic (exact) mass is 761 g/mol. The number of hydrogen-bond acceptors (Lipinski definition) is 12. The van der Waals surface area contributed by atoms with Crippen LogP contribution >= 0.6 is 34.9 Å². The molecule has 7 rings (SSSR count). The standard InChI is InChI=1S/C32H41N9O7S3/c1-40(8-4-5-9-40)12-17-14-49-29-21(35-25(42)20(37-48-3)19-16-51-32(33)34-19)27(44)38(29)23(17)26(43)36-22-28(45)39-24(31(46)47)18(15-50-30(22)39)13-41(2)10-6-7-11-41/h16,21-22,29-30H,4-15H2,1-3H3,(H3-2,33,34,35,36,42,43,46,47)/p+2/b37-20-/t21-,22-,29-,30-/m0/s1. The summed E-state index contributed by atoms with van der Waals surface area (Å²) in [5.74, 6) is -2.41. The van der Waals surface area contributed by atoms with E-state index in [9.17, 15) is 29.1 Å². The number of carboxylic acid groups (broad SMARTS) is 1. The lowest BCUT2D eigenvalue weighted by Crippen LogP contribution is -2.74. The molecule has 4 atom stereocenters. The van der Waals surface area contributed by atoms with Gasteiger partial charge in [0.25, 0.3) is 23.6 Å². The molecule has 4 fully saturated rings. The van der Waals surface area contributed by atoms with E-state index in [-0.39, 0.29) is 27.9 Å². The fourth-order valence-electron chi connectivity index (χ4n) is 8.17. The van der Waals surface area contributed by atoms with Gasteiger partial charge in [0.05, 0.1) is 40.3 Å². The Morgan fingerprint density at radius 1 is 0.922 bits per heavy atom. The van der Waals surface area contributed by atoms with Crippen LogP contribution in [-0.2, 0) is 28.8 Å². The molecule has 0 spiro atoms. The number of amides is 4. The molecule has 16 nitrogen and oxygen atoms in total. The van der Waals surface area contributed by atoms with Gasteiger partial charge in [0.15, 0.2) is 10.8 Å². The number of nitrogen functional groups attached to an aromatic ring is 1. The maximum atomic E-state index is 14.3. The van der Waals surface area contributed by atoms with Crippen LogP contribution in [0.5, 0.6) is 0 Å². The number of nitrogens with two attached hydrogens (primary N) is 1. The van der Waals surface area contributed by atoms with Gasteiger partial charge in [-0.2, -0.15) is 0 Å². The van der Waals surface area contributed by atoms with Crippen LogP contribution < -0.4 is 16.4 Å². The minimum Gasteiger partial charge on any atom is -0.477 e. The van der Waals surface area contributed by atoms with Gasteiger partial charge in [-0.3, -0.25) is 29.0 Å². The van der Waals surface area contributed by atoms with Crippen LogP contribution in [0.4, 0.5) is 5.13 Å². The van der Waals surface area contributed by atoms with Gasteiger partial charge in [0.2, 0.25) is 0 Å². The first-order chi connectivity index (χ1) is 24.3. The number of nitrogens with one attached hydrogen (secondary N) is 2. The Kier molecular flexibility index (Phi) is 9.62. The topological polar surface area (TPSA) is 197 Å². The van der Waals surface area contributed by atoms with Crippen molar-refractivity contribution >= 4 is 75.3 Å². The summed E-state index contributed by atoms with van der Waals surface area (Å²) < 4.78 is 1.48. The summed E-state index contributed by atoms with van der Waals surface area (Å²) in [5.41, 5.74) is 7.59. The van der Waals surface area contributed by atoms with E-state index in [0.717, 1.165) is 83.3 Å². The van der Waals surface area contributed by atoms with E-state index in [1.165, 1.54) is 40.4 Å². The van der Waals surface area contributed by atoms with Gasteiger partial charge in [0.1, 0.15) is 60.1 Å². The third-order valence-corrected chi connectivity index (χ3v) is 14.0. The minimum absolute atomic E-state index is 0.0224. The molecule has 0 bridgehead atoms. The zero-order chi connectivity index (χ0) is 36.2. The second kappa shape index (κ2) is 13.7. The number of carbonyl (C=O) groups is 5. The van der Waals surface area contributed by atoms with Gasteiger partial charge in [-0.15, -0.1) is 34.9 Å². The molecule has 0 saturated carbocycles. The highest BCUT2D eigenvalue weighted by molar-refractivity contribution is 8.00. The summed E-state index contributed by atoms with van der Waals surface area (Å²) in [6, 6.07) is -1.89. The molecule has 0 radical (unpaired) electrons. The highest BCUT2D eigenvalue weighted by Gasteiger charge is 2.58. The van der Waals surface area contributed by atoms with Crippen molar-refractivity contribution in [3.63, 3.8) is 0 Å². The minimum atomic E-state index is -1.14. The van der Waals surface area contributed by atoms with E-state index < -0.39 is 52.4 Å². The number of β-lactam (4-membered cyclic amide) rings is 2. The number of carbonyl (C=O) groups excluding carboxylic acids is 4. The number of likely N-dealkylation sites (N-methyl/N-ethyl adjacent to an activating group) is 2. The number of quaternary nitrogens is 2. The van der Waals surface area contributed by atoms with Gasteiger partial charge in [0, 0.05) is 53.7 Å². The van der Waals surface area contributed by atoms with E-state index >= 15 is 0 Å². The van der Waals surface area contributed by atoms with Crippen molar-refractivity contribution in [2.75, 3.05) is 77.7 Å². The predicted molar refractivity (Wildman–Crippen MR) is 192 cm³/mol. The number of rotatable bonds is 11. The van der Waals surface area contributed by atoms with Gasteiger partial charge < -0.3 is 35.3 Å². The molecule has 6 aliphatic heterocycles. The number of anilines is 1. The second-order valence-electron chi connectivity index (χ2n) is 14.5. The molecule has 4 saturated heterocycles. The third-order valence-electron chi connectivity index (χ3n) is 10.7. The zero-order valence-corrected chi connectivity index (χ0v) is 31.2. The van der Waals surface area contributed by atoms with Crippen LogP contribution in [0.2, 0.25) is 0 Å². The summed E-state index contributed by atoms with van der Waals surface area (Å²) in [6.07, 6.45) is 4.31. The van der Waals surface area contributed by atoms with Gasteiger partial charge in [-0.1, -0.05) is 5.16 Å². The average Bonchev–Trinajstić information content (AvgIpc) is 3.85. The number of fused-ring (bicyclic) bond motifs is 2. The normalized spacial score (nSPS) is 28.2. The van der Waals surface area contributed by atoms with Gasteiger partial charge in [-0.25, -0.2) is 9.78 Å². The molecule has 274 valence electrons. The lowest BCUT2D eigenvalue weighted by molar-refractivity contribution is -0.893. The average molecular weight is 762 g/mol. The molecule has 0 aromatic carbocycles. The van der Waals surface area contributed by atoms with Crippen molar-refractivity contribution in [3.8, 4) is 0 Å². The fourth-order valence-corrected chi connectivity index (χ4v) is 11.4. The summed E-state index contributed by atoms with van der Waals surface area (Å²) in [4.78, 5) is 79.3. The summed E-state index contributed by atoms with van der Waals surface area (Å²) in [6.45, 7) is 4.96. The smallest absolute Gasteiger partial charge is 0.352 e. The summed E-state index contributed by atoms with van der Waals surface area (Å²) in [5, 5.41) is 20.3. The molecule has 19 heteroatoms. The molecule has 6 aliphatic rings. The molecule has 0 aliphatic carbocycles. The van der Waals surface area contributed by atoms with Crippen molar-refractivity contribution in [1.29, 1.82) is 0 Å². The largest absolute Gasteiger partial charge is 0.477 e. The highest BCUT2D eigenvalue weighted by atomic mass is 32.2. The Morgan fingerprint density at radius 3 is 1.92 bits per heavy atom. The molecule has 0 unspecified atom stereocenters. The van der Waals surface area contributed by atoms with Gasteiger partial charge >= 0.3 is 5.97 Å². The zero-order valence-electron chi connectivity index (χ0n) is 28.8. The first kappa shape index (κ1) is 35.7. The first-order valence-corrected chi connectivity index (χ1v) is 20.0. The van der Waals surface area contributed by atoms with Crippen LogP contribution in [0.1, 0.15) is 31.4 Å². The molecule has 1 aromatic heterocycles. The van der Waals surface area contributed by atoms with E-state index in [4.69, 9.17) is 10.6 Å². The van der Waals surface area contributed by atoms with Gasteiger partial charge in [-0.05, 0) is 0 Å². The number of aromatic nitrogens is 1. The Morgan fingerprint density at radius 2 is 1.43 bits per heavy atom. The number of likely N-dealkylation sites (tertiary alicyclic amines) is 2. The maximum Gasteiger partial charge on any atom is 0.352 e. The van der Waals surface area contributed by atoms with Crippen molar-refractivity contribution in [3.05, 3.63) is 33.6 Å². The third kappa shape index (κ3) is 6.51. The second-order valence-corrected chi connectivity index (χ2v) is 17.6. The molecule has 51 heavy (non-hydrogen) atoms. The Bertz CT molecular complexity index is 1760. The Labute approximate surface area is 307 Å². The number of thioether (sulfide) groups is 2. The molecular formula is C32H43N9O7S3+2. The number of thiazole rings is 1. The quantitative estimate of drug-likeness (QED) is 0.102. The maximum absolute atomic E-state index is 14.3. The van der Waals surface area contributed by atoms with E-state index in [1.54, 1.807) is 5.38 Å². The van der Waals surface area contributed by atoms with E-state index in [1.807, 2.05) is 0 Å². The fraction of sp³-hybridized carbons (Fsp3) is 0.594. The van der Waals surface area contributed by atoms with E-state index in [0.29, 0.717) is 24.6 Å². The van der Waals surface area contributed by atoms with Crippen molar-refractivity contribution in [2.45, 2.75) is 48.5 Å². The highest BCUT2D eigenvalue weighted by Crippen LogP contribution is 2.44. The first-order valence-electron chi connectivity index (χ1n) is 17.0. The number of hydrogen-bond donors (Lipinski definition) is 4. The molecule has 5 N–H and O–H groups in total. The SMILES string of the molecule is CO/N=C(\C(=O)N[C@H]1C(=O)N2C(C(=O)N[C@H]3C(=O)N4C(C(=O)O)=C(C[N+]5(C)CCCC5)CS[C@@H]34)=C(C[N+]3(C)CCCC3)CS[C@@H]12)c1csc(N)n1. The molecule has 1 aromatic rings. The van der Waals surface area contributed by atoms with Crippen molar-refractivity contribution < 1.29 is 42.9 Å². The van der Waals surface area contributed by atoms with Crippen LogP contribution in [0.25, 0.3) is 0 Å². The predicted octanol–water partition coefficient (Wildman–Crippen LogP) is -0.0508. The lowest BCUT2D eigenvalue weighted by atomic mass is 9.99. The van der Waals surface area contributed by atoms with Crippen LogP contribution in [0, 0.1) is 0 Å². The summed E-state index contributed by atoms with van der Waals surface area (Å²) >= 11 is 4.05. The number of oxime groups is 1.